The highest BCUT2D eigenvalue weighted by Crippen LogP contribution is 2.37. The zero-order chi connectivity index (χ0) is 28.3. The third-order valence-corrected chi connectivity index (χ3v) is 6.03. The van der Waals surface area contributed by atoms with Crippen LogP contribution in [0.3, 0.4) is 0 Å². The van der Waals surface area contributed by atoms with E-state index in [4.69, 9.17) is 21.1 Å². The predicted octanol–water partition coefficient (Wildman–Crippen LogP) is 4.79. The summed E-state index contributed by atoms with van der Waals surface area (Å²) in [4.78, 5) is 51.1. The topological polar surface area (TPSA) is 114 Å². The number of carbonyl (C=O) groups is 4. The predicted molar refractivity (Wildman–Crippen MR) is 143 cm³/mol. The van der Waals surface area contributed by atoms with Crippen molar-refractivity contribution in [3.8, 4) is 11.5 Å². The van der Waals surface area contributed by atoms with E-state index in [9.17, 15) is 23.6 Å². The number of urea groups is 1. The number of anilines is 2. The zero-order valence-corrected chi connectivity index (χ0v) is 21.9. The van der Waals surface area contributed by atoms with Crippen LogP contribution < -0.4 is 25.0 Å². The third kappa shape index (κ3) is 6.07. The lowest BCUT2D eigenvalue weighted by atomic mass is 10.1. The van der Waals surface area contributed by atoms with E-state index in [1.54, 1.807) is 6.07 Å². The van der Waals surface area contributed by atoms with Crippen LogP contribution in [0.5, 0.6) is 11.5 Å². The van der Waals surface area contributed by atoms with Gasteiger partial charge in [0.1, 0.15) is 11.4 Å². The van der Waals surface area contributed by atoms with Gasteiger partial charge in [0.25, 0.3) is 17.7 Å². The Bertz CT molecular complexity index is 1520. The van der Waals surface area contributed by atoms with Crippen molar-refractivity contribution in [3.05, 3.63) is 87.7 Å². The lowest BCUT2D eigenvalue weighted by molar-refractivity contribution is -0.122. The molecule has 0 saturated carbocycles. The summed E-state index contributed by atoms with van der Waals surface area (Å²) in [5, 5.41) is 4.91. The fourth-order valence-electron chi connectivity index (χ4n) is 3.89. The van der Waals surface area contributed by atoms with Crippen LogP contribution in [0.4, 0.5) is 20.6 Å². The molecule has 0 unspecified atom stereocenters. The van der Waals surface area contributed by atoms with Gasteiger partial charge in [0.05, 0.1) is 17.8 Å². The van der Waals surface area contributed by atoms with Gasteiger partial charge in [-0.1, -0.05) is 29.3 Å². The maximum Gasteiger partial charge on any atom is 0.335 e. The Kier molecular flexibility index (Phi) is 7.96. The highest BCUT2D eigenvalue weighted by atomic mass is 35.5. The van der Waals surface area contributed by atoms with Gasteiger partial charge in [-0.3, -0.25) is 19.7 Å². The summed E-state index contributed by atoms with van der Waals surface area (Å²) in [6, 6.07) is 12.2. The Morgan fingerprint density at radius 3 is 2.46 bits per heavy atom. The van der Waals surface area contributed by atoms with Crippen molar-refractivity contribution in [1.82, 2.24) is 5.32 Å². The fourth-order valence-corrected chi connectivity index (χ4v) is 4.16. The summed E-state index contributed by atoms with van der Waals surface area (Å²) < 4.78 is 24.3. The number of amides is 5. The number of halogens is 2. The fraction of sp³-hybridized carbons (Fsp3) is 0.143. The number of aryl methyl sites for hydroxylation is 2. The summed E-state index contributed by atoms with van der Waals surface area (Å²) in [6.07, 6.45) is 1.23. The first-order chi connectivity index (χ1) is 18.6. The Labute approximate surface area is 228 Å². The first-order valence-electron chi connectivity index (χ1n) is 11.6. The van der Waals surface area contributed by atoms with Gasteiger partial charge >= 0.3 is 6.03 Å². The molecule has 1 fully saturated rings. The van der Waals surface area contributed by atoms with Crippen molar-refractivity contribution >= 4 is 52.8 Å². The van der Waals surface area contributed by atoms with E-state index in [0.29, 0.717) is 5.69 Å². The molecule has 2 N–H and O–H groups in total. The molecule has 0 atom stereocenters. The molecular formula is C28H23ClFN3O6. The minimum Gasteiger partial charge on any atom is -0.493 e. The summed E-state index contributed by atoms with van der Waals surface area (Å²) >= 11 is 6.40. The van der Waals surface area contributed by atoms with Crippen molar-refractivity contribution in [2.75, 3.05) is 23.9 Å². The molecule has 11 heteroatoms. The van der Waals surface area contributed by atoms with E-state index in [-0.39, 0.29) is 40.0 Å². The average Bonchev–Trinajstić information content (AvgIpc) is 2.88. The summed E-state index contributed by atoms with van der Waals surface area (Å²) in [6.45, 7) is 3.47. The summed E-state index contributed by atoms with van der Waals surface area (Å²) in [5.41, 5.74) is 2.62. The molecule has 1 aliphatic heterocycles. The Morgan fingerprint density at radius 1 is 1.08 bits per heavy atom. The normalized spacial score (nSPS) is 14.3. The molecule has 0 spiro atoms. The molecule has 200 valence electrons. The monoisotopic (exact) mass is 551 g/mol. The van der Waals surface area contributed by atoms with Gasteiger partial charge in [0.15, 0.2) is 18.1 Å². The Morgan fingerprint density at radius 2 is 1.79 bits per heavy atom. The molecule has 1 saturated heterocycles. The number of nitrogens with one attached hydrogen (secondary N) is 2. The van der Waals surface area contributed by atoms with E-state index in [1.807, 2.05) is 26.0 Å². The molecule has 0 radical (unpaired) electrons. The number of barbiturate groups is 1. The Balaban J connectivity index is 1.55. The van der Waals surface area contributed by atoms with Gasteiger partial charge in [0.2, 0.25) is 0 Å². The molecular weight excluding hydrogens is 529 g/mol. The number of benzene rings is 3. The summed E-state index contributed by atoms with van der Waals surface area (Å²) in [5.74, 6) is -2.57. The Hall–Kier alpha value is -4.70. The molecule has 3 aromatic carbocycles. The van der Waals surface area contributed by atoms with E-state index in [2.05, 4.69) is 10.6 Å². The molecule has 5 amide bonds. The molecule has 1 heterocycles. The standard InChI is InChI=1S/C28H23ClFN3O6/c1-15-4-9-22(16(2)10-15)31-24(34)14-39-25-21(29)12-17(13-23(25)38-3)11-20-26(35)32-28(37)33(27(20)36)19-7-5-18(30)6-8-19/h4-13H,14H2,1-3H3,(H,31,34)(H,32,35,37)/b20-11+. The summed E-state index contributed by atoms with van der Waals surface area (Å²) in [7, 11) is 1.36. The van der Waals surface area contributed by atoms with Gasteiger partial charge in [-0.05, 0) is 73.5 Å². The van der Waals surface area contributed by atoms with Gasteiger partial charge in [-0.25, -0.2) is 14.1 Å². The van der Waals surface area contributed by atoms with Crippen LogP contribution in [0, 0.1) is 19.7 Å². The van der Waals surface area contributed by atoms with Crippen LogP contribution in [0.15, 0.2) is 60.2 Å². The molecule has 0 aliphatic carbocycles. The zero-order valence-electron chi connectivity index (χ0n) is 21.1. The SMILES string of the molecule is COc1cc(/C=C2\C(=O)NC(=O)N(c3ccc(F)cc3)C2=O)cc(Cl)c1OCC(=O)Nc1ccc(C)cc1C. The first kappa shape index (κ1) is 27.3. The minimum absolute atomic E-state index is 0.0515. The van der Waals surface area contributed by atoms with Crippen molar-refractivity contribution in [1.29, 1.82) is 0 Å². The maximum absolute atomic E-state index is 13.3. The van der Waals surface area contributed by atoms with Crippen LogP contribution in [-0.2, 0) is 14.4 Å². The van der Waals surface area contributed by atoms with E-state index < -0.39 is 29.6 Å². The van der Waals surface area contributed by atoms with Crippen molar-refractivity contribution in [3.63, 3.8) is 0 Å². The second-order valence-electron chi connectivity index (χ2n) is 8.62. The largest absolute Gasteiger partial charge is 0.493 e. The molecule has 0 aromatic heterocycles. The first-order valence-corrected chi connectivity index (χ1v) is 12.0. The van der Waals surface area contributed by atoms with Crippen LogP contribution in [-0.4, -0.2) is 37.5 Å². The van der Waals surface area contributed by atoms with Gasteiger partial charge in [-0.2, -0.15) is 0 Å². The van der Waals surface area contributed by atoms with Gasteiger partial charge in [0, 0.05) is 5.69 Å². The van der Waals surface area contributed by atoms with Crippen molar-refractivity contribution in [2.24, 2.45) is 0 Å². The molecule has 4 rings (SSSR count). The molecule has 0 bridgehead atoms. The number of ether oxygens (including phenoxy) is 2. The number of rotatable bonds is 7. The average molecular weight is 552 g/mol. The molecule has 39 heavy (non-hydrogen) atoms. The van der Waals surface area contributed by atoms with Crippen molar-refractivity contribution in [2.45, 2.75) is 13.8 Å². The van der Waals surface area contributed by atoms with Crippen LogP contribution in [0.25, 0.3) is 6.08 Å². The second kappa shape index (κ2) is 11.4. The third-order valence-electron chi connectivity index (χ3n) is 5.75. The maximum atomic E-state index is 13.3. The van der Waals surface area contributed by atoms with E-state index >= 15 is 0 Å². The van der Waals surface area contributed by atoms with E-state index in [0.717, 1.165) is 28.2 Å². The lowest BCUT2D eigenvalue weighted by Crippen LogP contribution is -2.54. The van der Waals surface area contributed by atoms with Gasteiger partial charge < -0.3 is 14.8 Å². The van der Waals surface area contributed by atoms with Crippen molar-refractivity contribution < 1.29 is 33.0 Å². The smallest absolute Gasteiger partial charge is 0.335 e. The minimum atomic E-state index is -0.966. The number of nitrogens with zero attached hydrogens (tertiary/aromatic N) is 1. The van der Waals surface area contributed by atoms with Crippen LogP contribution >= 0.6 is 11.6 Å². The number of methoxy groups -OCH3 is 1. The van der Waals surface area contributed by atoms with E-state index in [1.165, 1.54) is 37.5 Å². The molecule has 1 aliphatic rings. The number of hydrogen-bond acceptors (Lipinski definition) is 6. The molecule has 9 nitrogen and oxygen atoms in total. The lowest BCUT2D eigenvalue weighted by Gasteiger charge is -2.26. The van der Waals surface area contributed by atoms with Crippen LogP contribution in [0.2, 0.25) is 5.02 Å². The number of hydrogen-bond donors (Lipinski definition) is 2. The second-order valence-corrected chi connectivity index (χ2v) is 9.03. The van der Waals surface area contributed by atoms with Crippen LogP contribution in [0.1, 0.15) is 16.7 Å². The number of imide groups is 2. The quantitative estimate of drug-likeness (QED) is 0.322. The molecule has 3 aromatic rings. The number of carbonyl (C=O) groups excluding carboxylic acids is 4. The van der Waals surface area contributed by atoms with Gasteiger partial charge in [-0.15, -0.1) is 0 Å². The highest BCUT2D eigenvalue weighted by Gasteiger charge is 2.37. The highest BCUT2D eigenvalue weighted by molar-refractivity contribution is 6.39.